The quantitative estimate of drug-likeness (QED) is 0.577. The summed E-state index contributed by atoms with van der Waals surface area (Å²) in [5.74, 6) is 0. The Labute approximate surface area is 55.7 Å². The van der Waals surface area contributed by atoms with Crippen LogP contribution in [0.25, 0.3) is 0 Å². The minimum absolute atomic E-state index is 0.330. The third-order valence-electron chi connectivity index (χ3n) is 1.00. The van der Waals surface area contributed by atoms with Gasteiger partial charge in [0.05, 0.1) is 0 Å². The van der Waals surface area contributed by atoms with Crippen LogP contribution >= 0.6 is 0 Å². The molecule has 0 saturated heterocycles. The highest BCUT2D eigenvalue weighted by Gasteiger charge is 2.04. The Morgan fingerprint density at radius 1 is 1.60 bits per heavy atom. The monoisotopic (exact) mass is 144 g/mol. The number of aromatic nitrogens is 1. The lowest BCUT2D eigenvalue weighted by Crippen LogP contribution is -2.17. The van der Waals surface area contributed by atoms with Crippen LogP contribution < -0.4 is 5.56 Å². The van der Waals surface area contributed by atoms with E-state index in [1.807, 2.05) is 0 Å². The first kappa shape index (κ1) is 6.92. The number of pyridine rings is 1. The van der Waals surface area contributed by atoms with Crippen LogP contribution in [-0.2, 0) is 0 Å². The highest BCUT2D eigenvalue weighted by Crippen LogP contribution is 2.03. The molecule has 0 amide bonds. The summed E-state index contributed by atoms with van der Waals surface area (Å²) in [4.78, 5) is 10.5. The summed E-state index contributed by atoms with van der Waals surface area (Å²) >= 11 is 0. The van der Waals surface area contributed by atoms with Crippen molar-refractivity contribution >= 4 is 0 Å². The maximum Gasteiger partial charge on any atom is 0.321 e. The number of hydrogen-bond donors (Lipinski definition) is 0. The van der Waals surface area contributed by atoms with Crippen LogP contribution in [0.1, 0.15) is 6.55 Å². The predicted molar refractivity (Wildman–Crippen MR) is 30.8 cm³/mol. The first-order valence-electron chi connectivity index (χ1n) is 2.58. The highest BCUT2D eigenvalue weighted by molar-refractivity contribution is 4.91. The molecule has 2 nitrogen and oxygen atoms in total. The van der Waals surface area contributed by atoms with Crippen molar-refractivity contribution in [2.24, 2.45) is 0 Å². The number of rotatable bonds is 1. The van der Waals surface area contributed by atoms with Crippen molar-refractivity contribution in [3.63, 3.8) is 0 Å². The molecule has 1 aromatic rings. The van der Waals surface area contributed by atoms with Gasteiger partial charge in [-0.05, 0) is 12.1 Å². The smallest absolute Gasteiger partial charge is 0.269 e. The van der Waals surface area contributed by atoms with E-state index in [0.717, 1.165) is 12.3 Å². The van der Waals surface area contributed by atoms with E-state index in [1.165, 1.54) is 6.07 Å². The van der Waals surface area contributed by atoms with Crippen LogP contribution in [0, 0.1) is 6.07 Å². The van der Waals surface area contributed by atoms with E-state index >= 15 is 0 Å². The van der Waals surface area contributed by atoms with Crippen molar-refractivity contribution in [2.75, 3.05) is 0 Å². The summed E-state index contributed by atoms with van der Waals surface area (Å²) < 4.78 is 23.9. The van der Waals surface area contributed by atoms with Crippen molar-refractivity contribution in [3.8, 4) is 0 Å². The normalized spacial score (nSPS) is 10.3. The molecule has 1 radical (unpaired) electrons. The van der Waals surface area contributed by atoms with Gasteiger partial charge in [-0.15, -0.1) is 0 Å². The standard InChI is InChI=1S/C6H4F2NO/c7-6(8)9-4-2-1-3-5(9)10/h2-4,6H. The molecule has 0 aromatic carbocycles. The first-order chi connectivity index (χ1) is 4.72. The number of hydrogen-bond acceptors (Lipinski definition) is 1. The molecule has 0 bridgehead atoms. The second kappa shape index (κ2) is 2.60. The van der Waals surface area contributed by atoms with Gasteiger partial charge < -0.3 is 0 Å². The fourth-order valence-electron chi connectivity index (χ4n) is 0.552. The van der Waals surface area contributed by atoms with E-state index < -0.39 is 12.1 Å². The second-order valence-electron chi connectivity index (χ2n) is 1.65. The van der Waals surface area contributed by atoms with Gasteiger partial charge in [0.15, 0.2) is 0 Å². The molecule has 0 aliphatic carbocycles. The molecule has 53 valence electrons. The van der Waals surface area contributed by atoms with Gasteiger partial charge in [-0.25, -0.2) is 0 Å². The zero-order chi connectivity index (χ0) is 7.56. The minimum Gasteiger partial charge on any atom is -0.269 e. The fourth-order valence-corrected chi connectivity index (χ4v) is 0.552. The molecule has 0 aliphatic rings. The highest BCUT2D eigenvalue weighted by atomic mass is 19.3. The second-order valence-corrected chi connectivity index (χ2v) is 1.65. The molecule has 0 atom stereocenters. The minimum atomic E-state index is -2.76. The van der Waals surface area contributed by atoms with Gasteiger partial charge >= 0.3 is 6.55 Å². The molecule has 10 heavy (non-hydrogen) atoms. The lowest BCUT2D eigenvalue weighted by Gasteiger charge is -1.99. The number of halogens is 2. The zero-order valence-electron chi connectivity index (χ0n) is 4.92. The van der Waals surface area contributed by atoms with Gasteiger partial charge in [-0.1, -0.05) is 0 Å². The van der Waals surface area contributed by atoms with Gasteiger partial charge in [0, 0.05) is 12.3 Å². The summed E-state index contributed by atoms with van der Waals surface area (Å²) in [7, 11) is 0. The average molecular weight is 144 g/mol. The maximum atomic E-state index is 11.8. The number of alkyl halides is 2. The molecule has 0 fully saturated rings. The van der Waals surface area contributed by atoms with Crippen molar-refractivity contribution < 1.29 is 8.78 Å². The SMILES string of the molecule is O=c1c[c]ccn1C(F)F. The molecule has 0 spiro atoms. The molecular weight excluding hydrogens is 140 g/mol. The molecule has 0 unspecified atom stereocenters. The van der Waals surface area contributed by atoms with Gasteiger partial charge in [0.2, 0.25) is 0 Å². The van der Waals surface area contributed by atoms with Crippen molar-refractivity contribution in [2.45, 2.75) is 6.55 Å². The Hall–Kier alpha value is -1.19. The Morgan fingerprint density at radius 3 is 2.70 bits per heavy atom. The van der Waals surface area contributed by atoms with Crippen LogP contribution in [0.4, 0.5) is 8.78 Å². The lowest BCUT2D eigenvalue weighted by atomic mass is 10.5. The fraction of sp³-hybridized carbons (Fsp3) is 0.167. The molecule has 0 saturated carbocycles. The molecule has 1 aromatic heterocycles. The Balaban J connectivity index is 3.16. The van der Waals surface area contributed by atoms with E-state index in [9.17, 15) is 13.6 Å². The average Bonchev–Trinajstić information content (AvgIpc) is 1.88. The van der Waals surface area contributed by atoms with Gasteiger partial charge in [-0.3, -0.25) is 9.36 Å². The summed E-state index contributed by atoms with van der Waals surface area (Å²) in [5.41, 5.74) is -0.738. The molecule has 0 aliphatic heterocycles. The van der Waals surface area contributed by atoms with Crippen molar-refractivity contribution in [1.82, 2.24) is 4.57 Å². The summed E-state index contributed by atoms with van der Waals surface area (Å²) in [6.07, 6.45) is 0.993. The molecule has 4 heteroatoms. The third-order valence-corrected chi connectivity index (χ3v) is 1.00. The van der Waals surface area contributed by atoms with E-state index in [2.05, 4.69) is 6.07 Å². The zero-order valence-corrected chi connectivity index (χ0v) is 4.92. The van der Waals surface area contributed by atoms with E-state index in [4.69, 9.17) is 0 Å². The van der Waals surface area contributed by atoms with Crippen LogP contribution in [0.5, 0.6) is 0 Å². The summed E-state index contributed by atoms with van der Waals surface area (Å²) in [5, 5.41) is 0. The third kappa shape index (κ3) is 1.21. The van der Waals surface area contributed by atoms with E-state index in [0.29, 0.717) is 4.57 Å². The summed E-state index contributed by atoms with van der Waals surface area (Å²) in [6, 6.07) is 4.61. The maximum absolute atomic E-state index is 11.8. The topological polar surface area (TPSA) is 22.0 Å². The predicted octanol–water partition coefficient (Wildman–Crippen LogP) is 1.04. The van der Waals surface area contributed by atoms with Gasteiger partial charge in [0.1, 0.15) is 0 Å². The van der Waals surface area contributed by atoms with E-state index in [1.54, 1.807) is 0 Å². The van der Waals surface area contributed by atoms with Crippen molar-refractivity contribution in [1.29, 1.82) is 0 Å². The molecular formula is C6H4F2NO. The van der Waals surface area contributed by atoms with Crippen molar-refractivity contribution in [3.05, 3.63) is 34.7 Å². The molecule has 0 N–H and O–H groups in total. The molecule has 1 heterocycles. The largest absolute Gasteiger partial charge is 0.321 e. The number of nitrogens with zero attached hydrogens (tertiary/aromatic N) is 1. The van der Waals surface area contributed by atoms with Crippen LogP contribution in [0.15, 0.2) is 23.1 Å². The van der Waals surface area contributed by atoms with Crippen LogP contribution in [0.2, 0.25) is 0 Å². The van der Waals surface area contributed by atoms with Crippen LogP contribution in [-0.4, -0.2) is 4.57 Å². The van der Waals surface area contributed by atoms with Gasteiger partial charge in [0.25, 0.3) is 5.56 Å². The Morgan fingerprint density at radius 2 is 2.30 bits per heavy atom. The Kier molecular flexibility index (Phi) is 1.80. The van der Waals surface area contributed by atoms with Gasteiger partial charge in [-0.2, -0.15) is 8.78 Å². The molecule has 1 rings (SSSR count). The van der Waals surface area contributed by atoms with E-state index in [-0.39, 0.29) is 0 Å². The van der Waals surface area contributed by atoms with Crippen LogP contribution in [0.3, 0.4) is 0 Å². The summed E-state index contributed by atoms with van der Waals surface area (Å²) in [6.45, 7) is -2.76. The lowest BCUT2D eigenvalue weighted by molar-refractivity contribution is 0.0663. The first-order valence-corrected chi connectivity index (χ1v) is 2.58. The Bertz CT molecular complexity index is 268.